The van der Waals surface area contributed by atoms with Gasteiger partial charge in [-0.3, -0.25) is 4.72 Å². The van der Waals surface area contributed by atoms with Crippen molar-refractivity contribution in [1.82, 2.24) is 10.2 Å². The number of anilines is 2. The maximum absolute atomic E-state index is 12.5. The Morgan fingerprint density at radius 2 is 1.73 bits per heavy atom. The zero-order valence-corrected chi connectivity index (χ0v) is 15.5. The molecule has 2 N–H and O–H groups in total. The molecule has 26 heavy (non-hydrogen) atoms. The van der Waals surface area contributed by atoms with E-state index in [1.807, 2.05) is 0 Å². The molecular formula is C17H22N4O4S. The number of hydrogen-bond acceptors (Lipinski definition) is 7. The third-order valence-corrected chi connectivity index (χ3v) is 5.11. The second kappa shape index (κ2) is 7.77. The molecule has 0 atom stereocenters. The third-order valence-electron chi connectivity index (χ3n) is 3.76. The number of aromatic nitrogens is 2. The molecular weight excluding hydrogens is 356 g/mol. The normalized spacial score (nSPS) is 13.5. The van der Waals surface area contributed by atoms with Gasteiger partial charge in [0, 0.05) is 12.6 Å². The lowest BCUT2D eigenvalue weighted by Crippen LogP contribution is -2.18. The van der Waals surface area contributed by atoms with E-state index < -0.39 is 10.0 Å². The summed E-state index contributed by atoms with van der Waals surface area (Å²) in [6.07, 6.45) is 1.01. The van der Waals surface area contributed by atoms with Crippen LogP contribution in [0.3, 0.4) is 0 Å². The Morgan fingerprint density at radius 1 is 1.04 bits per heavy atom. The van der Waals surface area contributed by atoms with Gasteiger partial charge in [-0.05, 0) is 36.6 Å². The molecule has 0 saturated carbocycles. The van der Waals surface area contributed by atoms with Crippen molar-refractivity contribution in [1.29, 1.82) is 0 Å². The minimum atomic E-state index is -3.80. The number of nitrogens with one attached hydrogen (secondary N) is 2. The first-order chi connectivity index (χ1) is 12.4. The predicted molar refractivity (Wildman–Crippen MR) is 98.2 cm³/mol. The van der Waals surface area contributed by atoms with Crippen LogP contribution >= 0.6 is 0 Å². The second-order valence-corrected chi connectivity index (χ2v) is 8.01. The highest BCUT2D eigenvalue weighted by molar-refractivity contribution is 7.92. The average molecular weight is 378 g/mol. The van der Waals surface area contributed by atoms with Crippen LogP contribution in [0.4, 0.5) is 11.6 Å². The largest absolute Gasteiger partial charge is 0.486 e. The quantitative estimate of drug-likeness (QED) is 0.763. The standard InChI is InChI=1S/C17H22N4O4S/c1-12(2)7-8-18-16-5-6-17(20-19-16)21-26(22,23)13-3-4-14-15(11-13)25-10-9-24-14/h3-6,11-12H,7-10H2,1-2H3,(H,18,19)(H,20,21). The molecule has 0 amide bonds. The Bertz CT molecular complexity index is 854. The molecule has 0 unspecified atom stereocenters. The minimum absolute atomic E-state index is 0.0719. The van der Waals surface area contributed by atoms with Gasteiger partial charge in [-0.2, -0.15) is 0 Å². The first-order valence-electron chi connectivity index (χ1n) is 8.44. The van der Waals surface area contributed by atoms with E-state index in [-0.39, 0.29) is 10.7 Å². The molecule has 0 aliphatic carbocycles. The van der Waals surface area contributed by atoms with Gasteiger partial charge in [-0.25, -0.2) is 8.42 Å². The average Bonchev–Trinajstić information content (AvgIpc) is 2.62. The summed E-state index contributed by atoms with van der Waals surface area (Å²) in [6, 6.07) is 7.74. The van der Waals surface area contributed by atoms with E-state index >= 15 is 0 Å². The molecule has 1 aromatic carbocycles. The van der Waals surface area contributed by atoms with Gasteiger partial charge < -0.3 is 14.8 Å². The van der Waals surface area contributed by atoms with Crippen molar-refractivity contribution < 1.29 is 17.9 Å². The highest BCUT2D eigenvalue weighted by atomic mass is 32.2. The van der Waals surface area contributed by atoms with Crippen molar-refractivity contribution in [3.05, 3.63) is 30.3 Å². The van der Waals surface area contributed by atoms with Gasteiger partial charge >= 0.3 is 0 Å². The summed E-state index contributed by atoms with van der Waals surface area (Å²) in [7, 11) is -3.80. The van der Waals surface area contributed by atoms with E-state index in [1.54, 1.807) is 18.2 Å². The van der Waals surface area contributed by atoms with Gasteiger partial charge in [-0.1, -0.05) is 13.8 Å². The molecule has 1 aliphatic rings. The smallest absolute Gasteiger partial charge is 0.263 e. The highest BCUT2D eigenvalue weighted by Gasteiger charge is 2.20. The van der Waals surface area contributed by atoms with Crippen LogP contribution in [0.5, 0.6) is 11.5 Å². The van der Waals surface area contributed by atoms with Crippen LogP contribution in [0.15, 0.2) is 35.2 Å². The Balaban J connectivity index is 1.67. The van der Waals surface area contributed by atoms with Crippen molar-refractivity contribution in [2.24, 2.45) is 5.92 Å². The zero-order valence-electron chi connectivity index (χ0n) is 14.7. The summed E-state index contributed by atoms with van der Waals surface area (Å²) in [6.45, 7) is 5.91. The summed E-state index contributed by atoms with van der Waals surface area (Å²) >= 11 is 0. The van der Waals surface area contributed by atoms with Gasteiger partial charge in [0.05, 0.1) is 4.90 Å². The number of rotatable bonds is 7. The first-order valence-corrected chi connectivity index (χ1v) is 9.92. The molecule has 9 heteroatoms. The topological polar surface area (TPSA) is 102 Å². The van der Waals surface area contributed by atoms with Gasteiger partial charge in [0.15, 0.2) is 17.3 Å². The monoisotopic (exact) mass is 378 g/mol. The fourth-order valence-electron chi connectivity index (χ4n) is 2.36. The van der Waals surface area contributed by atoms with Gasteiger partial charge in [0.25, 0.3) is 10.0 Å². The number of benzene rings is 1. The Morgan fingerprint density at radius 3 is 2.42 bits per heavy atom. The predicted octanol–water partition coefficient (Wildman–Crippen LogP) is 2.51. The van der Waals surface area contributed by atoms with Gasteiger partial charge in [0.2, 0.25) is 0 Å². The van der Waals surface area contributed by atoms with E-state index in [4.69, 9.17) is 9.47 Å². The maximum Gasteiger partial charge on any atom is 0.263 e. The van der Waals surface area contributed by atoms with Crippen LogP contribution in [-0.2, 0) is 10.0 Å². The highest BCUT2D eigenvalue weighted by Crippen LogP contribution is 2.32. The van der Waals surface area contributed by atoms with Crippen LogP contribution < -0.4 is 19.5 Å². The van der Waals surface area contributed by atoms with Crippen molar-refractivity contribution in [3.63, 3.8) is 0 Å². The first kappa shape index (κ1) is 18.2. The summed E-state index contributed by atoms with van der Waals surface area (Å²) < 4.78 is 38.3. The van der Waals surface area contributed by atoms with Crippen molar-refractivity contribution in [2.45, 2.75) is 25.2 Å². The molecule has 0 spiro atoms. The van der Waals surface area contributed by atoms with Gasteiger partial charge in [0.1, 0.15) is 19.0 Å². The fourth-order valence-corrected chi connectivity index (χ4v) is 3.37. The lowest BCUT2D eigenvalue weighted by Gasteiger charge is -2.18. The molecule has 140 valence electrons. The molecule has 2 heterocycles. The minimum Gasteiger partial charge on any atom is -0.486 e. The molecule has 0 bridgehead atoms. The molecule has 0 saturated heterocycles. The summed E-state index contributed by atoms with van der Waals surface area (Å²) in [5.74, 6) is 2.29. The Labute approximate surface area is 153 Å². The maximum atomic E-state index is 12.5. The molecule has 2 aromatic rings. The van der Waals surface area contributed by atoms with E-state index in [0.717, 1.165) is 13.0 Å². The molecule has 8 nitrogen and oxygen atoms in total. The lowest BCUT2D eigenvalue weighted by atomic mass is 10.1. The third kappa shape index (κ3) is 4.54. The zero-order chi connectivity index (χ0) is 18.6. The number of sulfonamides is 1. The van der Waals surface area contributed by atoms with E-state index in [2.05, 4.69) is 34.1 Å². The van der Waals surface area contributed by atoms with Crippen LogP contribution in [0.2, 0.25) is 0 Å². The molecule has 1 aromatic heterocycles. The van der Waals surface area contributed by atoms with Crippen LogP contribution in [0, 0.1) is 5.92 Å². The lowest BCUT2D eigenvalue weighted by molar-refractivity contribution is 0.171. The van der Waals surface area contributed by atoms with Crippen molar-refractivity contribution in [2.75, 3.05) is 29.8 Å². The number of hydrogen-bond donors (Lipinski definition) is 2. The van der Waals surface area contributed by atoms with Crippen molar-refractivity contribution >= 4 is 21.7 Å². The fraction of sp³-hybridized carbons (Fsp3) is 0.412. The molecule has 3 rings (SSSR count). The summed E-state index contributed by atoms with van der Waals surface area (Å²) in [4.78, 5) is 0.0719. The van der Waals surface area contributed by atoms with Crippen LogP contribution in [-0.4, -0.2) is 38.4 Å². The Hall–Kier alpha value is -2.55. The molecule has 1 aliphatic heterocycles. The summed E-state index contributed by atoms with van der Waals surface area (Å²) in [5, 5.41) is 11.1. The van der Waals surface area contributed by atoms with Gasteiger partial charge in [-0.15, -0.1) is 10.2 Å². The number of nitrogens with zero attached hydrogens (tertiary/aromatic N) is 2. The molecule has 0 radical (unpaired) electrons. The van der Waals surface area contributed by atoms with E-state index in [9.17, 15) is 8.42 Å². The number of ether oxygens (including phenoxy) is 2. The van der Waals surface area contributed by atoms with E-state index in [0.29, 0.717) is 36.4 Å². The van der Waals surface area contributed by atoms with Crippen LogP contribution in [0.25, 0.3) is 0 Å². The second-order valence-electron chi connectivity index (χ2n) is 6.32. The summed E-state index contributed by atoms with van der Waals surface area (Å²) in [5.41, 5.74) is 0. The Kier molecular flexibility index (Phi) is 5.46. The van der Waals surface area contributed by atoms with Crippen molar-refractivity contribution in [3.8, 4) is 11.5 Å². The van der Waals surface area contributed by atoms with E-state index in [1.165, 1.54) is 12.1 Å². The van der Waals surface area contributed by atoms with Crippen LogP contribution in [0.1, 0.15) is 20.3 Å². The SMILES string of the molecule is CC(C)CCNc1ccc(NS(=O)(=O)c2ccc3c(c2)OCCO3)nn1. The molecule has 0 fully saturated rings. The number of fused-ring (bicyclic) bond motifs is 1.